The van der Waals surface area contributed by atoms with E-state index in [1.54, 1.807) is 12.1 Å². The highest BCUT2D eigenvalue weighted by molar-refractivity contribution is 9.10. The molecule has 1 aliphatic heterocycles. The van der Waals surface area contributed by atoms with E-state index in [2.05, 4.69) is 20.8 Å². The van der Waals surface area contributed by atoms with Gasteiger partial charge in [-0.05, 0) is 60.3 Å². The van der Waals surface area contributed by atoms with Crippen molar-refractivity contribution in [3.8, 4) is 6.07 Å². The molecule has 2 rings (SSSR count). The van der Waals surface area contributed by atoms with Crippen LogP contribution in [0.4, 0.5) is 10.1 Å². The maximum absolute atomic E-state index is 14.4. The summed E-state index contributed by atoms with van der Waals surface area (Å²) in [4.78, 5) is 2.09. The van der Waals surface area contributed by atoms with Crippen molar-refractivity contribution in [2.24, 2.45) is 5.73 Å². The van der Waals surface area contributed by atoms with Crippen LogP contribution in [0.15, 0.2) is 16.6 Å². The second kappa shape index (κ2) is 6.36. The van der Waals surface area contributed by atoms with Gasteiger partial charge in [0.15, 0.2) is 5.82 Å². The molecule has 0 radical (unpaired) electrons. The Hall–Kier alpha value is -1.12. The minimum absolute atomic E-state index is 0.254. The lowest BCUT2D eigenvalue weighted by molar-refractivity contribution is 0.435. The summed E-state index contributed by atoms with van der Waals surface area (Å²) in [6.07, 6.45) is 4.16. The monoisotopic (exact) mass is 325 g/mol. The maximum atomic E-state index is 14.4. The first-order valence-electron chi connectivity index (χ1n) is 6.54. The minimum Gasteiger partial charge on any atom is -0.366 e. The molecule has 2 N–H and O–H groups in total. The van der Waals surface area contributed by atoms with Crippen LogP contribution in [0.25, 0.3) is 0 Å². The van der Waals surface area contributed by atoms with E-state index < -0.39 is 0 Å². The lowest BCUT2D eigenvalue weighted by Crippen LogP contribution is -2.41. The van der Waals surface area contributed by atoms with Gasteiger partial charge in [-0.1, -0.05) is 0 Å². The second-order valence-corrected chi connectivity index (χ2v) is 5.59. The summed E-state index contributed by atoms with van der Waals surface area (Å²) in [6, 6.07) is 5.64. The molecule has 3 nitrogen and oxygen atoms in total. The van der Waals surface area contributed by atoms with E-state index in [0.29, 0.717) is 23.8 Å². The van der Waals surface area contributed by atoms with Crippen molar-refractivity contribution >= 4 is 21.6 Å². The molecule has 1 fully saturated rings. The molecule has 19 heavy (non-hydrogen) atoms. The first-order chi connectivity index (χ1) is 9.19. The SMILES string of the molecule is N#Cc1ccc(N2CCCCC2CCN)c(F)c1Br. The molecule has 102 valence electrons. The van der Waals surface area contributed by atoms with Crippen LogP contribution in [0, 0.1) is 17.1 Å². The molecule has 0 spiro atoms. The maximum Gasteiger partial charge on any atom is 0.161 e. The predicted octanol–water partition coefficient (Wildman–Crippen LogP) is 3.17. The van der Waals surface area contributed by atoms with Crippen LogP contribution in [0.5, 0.6) is 0 Å². The minimum atomic E-state index is -0.344. The van der Waals surface area contributed by atoms with Crippen molar-refractivity contribution in [2.45, 2.75) is 31.7 Å². The van der Waals surface area contributed by atoms with Crippen molar-refractivity contribution in [2.75, 3.05) is 18.0 Å². The number of nitrogens with two attached hydrogens (primary N) is 1. The summed E-state index contributed by atoms with van der Waals surface area (Å²) in [7, 11) is 0. The van der Waals surface area contributed by atoms with Gasteiger partial charge in [-0.3, -0.25) is 0 Å². The fraction of sp³-hybridized carbons (Fsp3) is 0.500. The van der Waals surface area contributed by atoms with Gasteiger partial charge in [0.05, 0.1) is 15.7 Å². The molecule has 1 aromatic carbocycles. The van der Waals surface area contributed by atoms with Gasteiger partial charge in [0.25, 0.3) is 0 Å². The normalized spacial score (nSPS) is 19.3. The molecule has 1 unspecified atom stereocenters. The summed E-state index contributed by atoms with van der Waals surface area (Å²) >= 11 is 3.17. The molecule has 0 bridgehead atoms. The Morgan fingerprint density at radius 1 is 1.47 bits per heavy atom. The summed E-state index contributed by atoms with van der Waals surface area (Å²) in [5.41, 5.74) is 6.54. The van der Waals surface area contributed by atoms with Crippen molar-refractivity contribution < 1.29 is 4.39 Å². The zero-order valence-electron chi connectivity index (χ0n) is 10.7. The smallest absolute Gasteiger partial charge is 0.161 e. The van der Waals surface area contributed by atoms with E-state index in [9.17, 15) is 4.39 Å². The molecule has 1 atom stereocenters. The van der Waals surface area contributed by atoms with Gasteiger partial charge in [-0.2, -0.15) is 5.26 Å². The summed E-state index contributed by atoms with van der Waals surface area (Å²) in [6.45, 7) is 1.46. The highest BCUT2D eigenvalue weighted by Gasteiger charge is 2.25. The van der Waals surface area contributed by atoms with Crippen molar-refractivity contribution in [1.82, 2.24) is 0 Å². The van der Waals surface area contributed by atoms with Gasteiger partial charge in [-0.15, -0.1) is 0 Å². The molecule has 0 aromatic heterocycles. The number of halogens is 2. The van der Waals surface area contributed by atoms with E-state index in [-0.39, 0.29) is 10.3 Å². The van der Waals surface area contributed by atoms with E-state index in [4.69, 9.17) is 11.0 Å². The Balaban J connectivity index is 2.34. The number of piperidine rings is 1. The molecule has 0 amide bonds. The van der Waals surface area contributed by atoms with Crippen LogP contribution in [0.1, 0.15) is 31.2 Å². The number of rotatable bonds is 3. The first kappa shape index (κ1) is 14.3. The average molecular weight is 326 g/mol. The molecule has 0 aliphatic carbocycles. The number of hydrogen-bond donors (Lipinski definition) is 1. The zero-order valence-corrected chi connectivity index (χ0v) is 12.3. The van der Waals surface area contributed by atoms with Crippen LogP contribution >= 0.6 is 15.9 Å². The Bertz CT molecular complexity index is 496. The fourth-order valence-corrected chi connectivity index (χ4v) is 3.08. The van der Waals surface area contributed by atoms with E-state index in [1.165, 1.54) is 6.42 Å². The van der Waals surface area contributed by atoms with E-state index in [1.807, 2.05) is 6.07 Å². The molecule has 1 saturated heterocycles. The van der Waals surface area contributed by atoms with Gasteiger partial charge in [0.2, 0.25) is 0 Å². The number of nitriles is 1. The van der Waals surface area contributed by atoms with Crippen LogP contribution in [0.2, 0.25) is 0 Å². The largest absolute Gasteiger partial charge is 0.366 e. The standard InChI is InChI=1S/C14H17BrFN3/c15-13-10(9-18)4-5-12(14(13)16)19-8-2-1-3-11(19)6-7-17/h4-5,11H,1-3,6-8,17H2. The number of hydrogen-bond acceptors (Lipinski definition) is 3. The molecule has 1 aliphatic rings. The molecule has 1 heterocycles. The van der Waals surface area contributed by atoms with Crippen molar-refractivity contribution in [1.29, 1.82) is 5.26 Å². The van der Waals surface area contributed by atoms with Gasteiger partial charge < -0.3 is 10.6 Å². The highest BCUT2D eigenvalue weighted by atomic mass is 79.9. The third-order valence-electron chi connectivity index (χ3n) is 3.62. The summed E-state index contributed by atoms with van der Waals surface area (Å²) < 4.78 is 14.6. The number of nitrogens with zero attached hydrogens (tertiary/aromatic N) is 2. The molecule has 0 saturated carbocycles. The van der Waals surface area contributed by atoms with E-state index >= 15 is 0 Å². The number of benzene rings is 1. The Labute approximate surface area is 121 Å². The summed E-state index contributed by atoms with van der Waals surface area (Å²) in [5.74, 6) is -0.344. The van der Waals surface area contributed by atoms with Gasteiger partial charge in [-0.25, -0.2) is 4.39 Å². The molecular formula is C14H17BrFN3. The van der Waals surface area contributed by atoms with Gasteiger partial charge >= 0.3 is 0 Å². The fourth-order valence-electron chi connectivity index (χ4n) is 2.66. The molecule has 1 aromatic rings. The van der Waals surface area contributed by atoms with Gasteiger partial charge in [0, 0.05) is 12.6 Å². The second-order valence-electron chi connectivity index (χ2n) is 4.79. The molecular weight excluding hydrogens is 309 g/mol. The zero-order chi connectivity index (χ0) is 13.8. The predicted molar refractivity (Wildman–Crippen MR) is 77.5 cm³/mol. The highest BCUT2D eigenvalue weighted by Crippen LogP contribution is 2.33. The number of anilines is 1. The lowest BCUT2D eigenvalue weighted by atomic mass is 9.98. The third-order valence-corrected chi connectivity index (χ3v) is 4.39. The van der Waals surface area contributed by atoms with Crippen LogP contribution in [-0.2, 0) is 0 Å². The van der Waals surface area contributed by atoms with Crippen LogP contribution in [0.3, 0.4) is 0 Å². The van der Waals surface area contributed by atoms with Crippen molar-refractivity contribution in [3.05, 3.63) is 28.0 Å². The Kier molecular flexibility index (Phi) is 4.78. The summed E-state index contributed by atoms with van der Waals surface area (Å²) in [5, 5.41) is 8.90. The first-order valence-corrected chi connectivity index (χ1v) is 7.33. The quantitative estimate of drug-likeness (QED) is 0.928. The topological polar surface area (TPSA) is 53.0 Å². The van der Waals surface area contributed by atoms with Crippen LogP contribution in [-0.4, -0.2) is 19.1 Å². The Morgan fingerprint density at radius 2 is 2.26 bits per heavy atom. The average Bonchev–Trinajstić information content (AvgIpc) is 2.43. The van der Waals surface area contributed by atoms with Crippen LogP contribution < -0.4 is 10.6 Å². The molecule has 5 heteroatoms. The lowest BCUT2D eigenvalue weighted by Gasteiger charge is -2.37. The van der Waals surface area contributed by atoms with E-state index in [0.717, 1.165) is 25.8 Å². The Morgan fingerprint density at radius 3 is 2.95 bits per heavy atom. The van der Waals surface area contributed by atoms with Crippen molar-refractivity contribution in [3.63, 3.8) is 0 Å². The third kappa shape index (κ3) is 2.90. The van der Waals surface area contributed by atoms with Gasteiger partial charge in [0.1, 0.15) is 6.07 Å².